The van der Waals surface area contributed by atoms with Gasteiger partial charge in [0.15, 0.2) is 23.1 Å². The van der Waals surface area contributed by atoms with Crippen molar-refractivity contribution in [3.63, 3.8) is 0 Å². The molecule has 0 amide bonds. The Bertz CT molecular complexity index is 500. The highest BCUT2D eigenvalue weighted by atomic mass is 19.1. The summed E-state index contributed by atoms with van der Waals surface area (Å²) in [5.74, 6) is 0.842. The van der Waals surface area contributed by atoms with Gasteiger partial charge in [-0.2, -0.15) is 0 Å². The van der Waals surface area contributed by atoms with Crippen molar-refractivity contribution in [2.45, 2.75) is 31.2 Å². The van der Waals surface area contributed by atoms with Crippen LogP contribution in [0.15, 0.2) is 6.07 Å². The summed E-state index contributed by atoms with van der Waals surface area (Å²) in [6.07, 6.45) is 3.23. The summed E-state index contributed by atoms with van der Waals surface area (Å²) < 4.78 is 30.5. The van der Waals surface area contributed by atoms with Crippen molar-refractivity contribution in [1.82, 2.24) is 0 Å². The molecule has 1 aliphatic carbocycles. The van der Waals surface area contributed by atoms with Gasteiger partial charge in [-0.3, -0.25) is 0 Å². The lowest BCUT2D eigenvalue weighted by Gasteiger charge is -2.19. The van der Waals surface area contributed by atoms with Crippen LogP contribution in [-0.2, 0) is 6.42 Å². The summed E-state index contributed by atoms with van der Waals surface area (Å²) in [6.45, 7) is 1.10. The Labute approximate surface area is 111 Å². The molecule has 1 aliphatic heterocycles. The maximum absolute atomic E-state index is 14.1. The first-order chi connectivity index (χ1) is 9.13. The Morgan fingerprint density at radius 2 is 2.11 bits per heavy atom. The molecule has 2 aliphatic rings. The zero-order valence-electron chi connectivity index (χ0n) is 11.0. The van der Waals surface area contributed by atoms with Gasteiger partial charge in [0.05, 0.1) is 20.3 Å². The molecule has 1 aromatic rings. The zero-order chi connectivity index (χ0) is 13.5. The van der Waals surface area contributed by atoms with Gasteiger partial charge in [-0.05, 0) is 19.3 Å². The topological polar surface area (TPSA) is 53.7 Å². The van der Waals surface area contributed by atoms with Crippen molar-refractivity contribution in [2.24, 2.45) is 5.73 Å². The van der Waals surface area contributed by atoms with Crippen LogP contribution in [0.4, 0.5) is 4.39 Å². The molecule has 2 N–H and O–H groups in total. The molecule has 0 radical (unpaired) electrons. The predicted molar refractivity (Wildman–Crippen MR) is 68.4 cm³/mol. The molecule has 19 heavy (non-hydrogen) atoms. The molecule has 1 heterocycles. The third-order valence-corrected chi connectivity index (χ3v) is 3.66. The second-order valence-electron chi connectivity index (χ2n) is 5.29. The van der Waals surface area contributed by atoms with E-state index in [4.69, 9.17) is 19.9 Å². The number of nitrogens with two attached hydrogens (primary N) is 1. The SMILES string of the molecule is COc1c(F)cc2c(c1CC1(N)CC1)OCCCO2. The van der Waals surface area contributed by atoms with Crippen LogP contribution in [0.25, 0.3) is 0 Å². The van der Waals surface area contributed by atoms with Gasteiger partial charge in [-0.25, -0.2) is 4.39 Å². The molecule has 3 rings (SSSR count). The van der Waals surface area contributed by atoms with Gasteiger partial charge in [-0.15, -0.1) is 0 Å². The molecule has 0 saturated heterocycles. The van der Waals surface area contributed by atoms with Crippen molar-refractivity contribution in [1.29, 1.82) is 0 Å². The fourth-order valence-corrected chi connectivity index (χ4v) is 2.39. The summed E-state index contributed by atoms with van der Waals surface area (Å²) in [5.41, 5.74) is 6.60. The number of fused-ring (bicyclic) bond motifs is 1. The van der Waals surface area contributed by atoms with Gasteiger partial charge in [0.25, 0.3) is 0 Å². The van der Waals surface area contributed by atoms with E-state index in [0.29, 0.717) is 36.7 Å². The summed E-state index contributed by atoms with van der Waals surface area (Å²) in [7, 11) is 1.46. The van der Waals surface area contributed by atoms with Gasteiger partial charge in [0.2, 0.25) is 0 Å². The molecule has 5 heteroatoms. The molecule has 0 unspecified atom stereocenters. The summed E-state index contributed by atoms with van der Waals surface area (Å²) in [4.78, 5) is 0. The predicted octanol–water partition coefficient (Wildman–Crippen LogP) is 2.03. The van der Waals surface area contributed by atoms with Crippen molar-refractivity contribution in [3.8, 4) is 17.2 Å². The average Bonchev–Trinajstić information content (AvgIpc) is 3.13. The van der Waals surface area contributed by atoms with E-state index in [1.54, 1.807) is 0 Å². The molecule has 0 aromatic heterocycles. The van der Waals surface area contributed by atoms with E-state index in [-0.39, 0.29) is 11.3 Å². The van der Waals surface area contributed by atoms with E-state index in [9.17, 15) is 4.39 Å². The van der Waals surface area contributed by atoms with E-state index in [2.05, 4.69) is 0 Å². The number of methoxy groups -OCH3 is 1. The smallest absolute Gasteiger partial charge is 0.169 e. The lowest BCUT2D eigenvalue weighted by atomic mass is 10.0. The summed E-state index contributed by atoms with van der Waals surface area (Å²) in [6, 6.07) is 1.33. The highest BCUT2D eigenvalue weighted by molar-refractivity contribution is 5.56. The van der Waals surface area contributed by atoms with Crippen molar-refractivity contribution in [2.75, 3.05) is 20.3 Å². The lowest BCUT2D eigenvalue weighted by molar-refractivity contribution is 0.295. The number of rotatable bonds is 3. The van der Waals surface area contributed by atoms with Crippen molar-refractivity contribution < 1.29 is 18.6 Å². The zero-order valence-corrected chi connectivity index (χ0v) is 11.0. The second-order valence-corrected chi connectivity index (χ2v) is 5.29. The third-order valence-electron chi connectivity index (χ3n) is 3.66. The molecule has 0 atom stereocenters. The Hall–Kier alpha value is -1.49. The highest BCUT2D eigenvalue weighted by Crippen LogP contribution is 2.46. The average molecular weight is 267 g/mol. The monoisotopic (exact) mass is 267 g/mol. The van der Waals surface area contributed by atoms with E-state index in [1.165, 1.54) is 13.2 Å². The minimum Gasteiger partial charge on any atom is -0.493 e. The first-order valence-corrected chi connectivity index (χ1v) is 6.57. The molecule has 104 valence electrons. The number of benzene rings is 1. The molecule has 0 bridgehead atoms. The molecular formula is C14H18FNO3. The Kier molecular flexibility index (Phi) is 3.01. The lowest BCUT2D eigenvalue weighted by Crippen LogP contribution is -2.25. The molecular weight excluding hydrogens is 249 g/mol. The largest absolute Gasteiger partial charge is 0.493 e. The summed E-state index contributed by atoms with van der Waals surface area (Å²) >= 11 is 0. The molecule has 4 nitrogen and oxygen atoms in total. The molecule has 0 spiro atoms. The van der Waals surface area contributed by atoms with Crippen LogP contribution in [0.3, 0.4) is 0 Å². The highest BCUT2D eigenvalue weighted by Gasteiger charge is 2.41. The normalized spacial score (nSPS) is 19.7. The Morgan fingerprint density at radius 1 is 1.37 bits per heavy atom. The number of ether oxygens (including phenoxy) is 3. The first kappa shape index (κ1) is 12.5. The fourth-order valence-electron chi connectivity index (χ4n) is 2.39. The number of hydrogen-bond donors (Lipinski definition) is 1. The van der Waals surface area contributed by atoms with Gasteiger partial charge in [-0.1, -0.05) is 0 Å². The van der Waals surface area contributed by atoms with Gasteiger partial charge in [0, 0.05) is 23.6 Å². The van der Waals surface area contributed by atoms with Crippen LogP contribution in [0, 0.1) is 5.82 Å². The van der Waals surface area contributed by atoms with Gasteiger partial charge in [0.1, 0.15) is 0 Å². The van der Waals surface area contributed by atoms with Crippen LogP contribution in [0.5, 0.6) is 17.2 Å². The van der Waals surface area contributed by atoms with Crippen LogP contribution in [-0.4, -0.2) is 25.9 Å². The number of hydrogen-bond acceptors (Lipinski definition) is 4. The maximum Gasteiger partial charge on any atom is 0.169 e. The standard InChI is InChI=1S/C14H18FNO3/c1-17-12-9(8-14(16)3-4-14)13-11(7-10(12)15)18-5-2-6-19-13/h7H,2-6,8,16H2,1H3. The van der Waals surface area contributed by atoms with Crippen molar-refractivity contribution in [3.05, 3.63) is 17.4 Å². The quantitative estimate of drug-likeness (QED) is 0.910. The van der Waals surface area contributed by atoms with Gasteiger partial charge >= 0.3 is 0 Å². The Morgan fingerprint density at radius 3 is 2.79 bits per heavy atom. The van der Waals surface area contributed by atoms with Crippen LogP contribution >= 0.6 is 0 Å². The fraction of sp³-hybridized carbons (Fsp3) is 0.571. The van der Waals surface area contributed by atoms with E-state index in [1.807, 2.05) is 0 Å². The number of halogens is 1. The van der Waals surface area contributed by atoms with Crippen molar-refractivity contribution >= 4 is 0 Å². The summed E-state index contributed by atoms with van der Waals surface area (Å²) in [5, 5.41) is 0. The van der Waals surface area contributed by atoms with Crippen LogP contribution < -0.4 is 19.9 Å². The third kappa shape index (κ3) is 2.34. The van der Waals surface area contributed by atoms with Gasteiger partial charge < -0.3 is 19.9 Å². The minimum absolute atomic E-state index is 0.223. The van der Waals surface area contributed by atoms with Crippen LogP contribution in [0.1, 0.15) is 24.8 Å². The molecule has 1 fully saturated rings. The second kappa shape index (κ2) is 4.56. The van der Waals surface area contributed by atoms with E-state index < -0.39 is 5.82 Å². The van der Waals surface area contributed by atoms with E-state index >= 15 is 0 Å². The minimum atomic E-state index is -0.425. The Balaban J connectivity index is 2.08. The molecule has 1 aromatic carbocycles. The van der Waals surface area contributed by atoms with E-state index in [0.717, 1.165) is 19.3 Å². The maximum atomic E-state index is 14.1. The van der Waals surface area contributed by atoms with Crippen LogP contribution in [0.2, 0.25) is 0 Å². The first-order valence-electron chi connectivity index (χ1n) is 6.57. The molecule has 1 saturated carbocycles.